The van der Waals surface area contributed by atoms with E-state index in [4.69, 9.17) is 4.74 Å². The van der Waals surface area contributed by atoms with E-state index in [-0.39, 0.29) is 22.0 Å². The first-order valence-corrected chi connectivity index (χ1v) is 12.0. The first kappa shape index (κ1) is 24.6. The summed E-state index contributed by atoms with van der Waals surface area (Å²) in [6.45, 7) is 6.35. The number of nitro groups is 1. The Morgan fingerprint density at radius 2 is 1.94 bits per heavy atom. The number of sulfonamides is 1. The van der Waals surface area contributed by atoms with Gasteiger partial charge >= 0.3 is 0 Å². The zero-order valence-electron chi connectivity index (χ0n) is 17.4. The first-order valence-electron chi connectivity index (χ1n) is 9.53. The van der Waals surface area contributed by atoms with E-state index < -0.39 is 20.9 Å². The molecule has 0 radical (unpaired) electrons. The zero-order chi connectivity index (χ0) is 23.0. The number of anilines is 1. The summed E-state index contributed by atoms with van der Waals surface area (Å²) in [7, 11) is -3.60. The second-order valence-electron chi connectivity index (χ2n) is 6.13. The zero-order valence-corrected chi connectivity index (χ0v) is 19.0. The van der Waals surface area contributed by atoms with E-state index in [1.54, 1.807) is 20.8 Å². The van der Waals surface area contributed by atoms with Gasteiger partial charge in [0, 0.05) is 19.3 Å². The summed E-state index contributed by atoms with van der Waals surface area (Å²) in [4.78, 5) is 27.1. The van der Waals surface area contributed by atoms with E-state index in [1.165, 1.54) is 40.8 Å². The van der Waals surface area contributed by atoms with Crippen LogP contribution in [-0.2, 0) is 14.8 Å². The summed E-state index contributed by atoms with van der Waals surface area (Å²) in [5.41, 5.74) is -0.207. The lowest BCUT2D eigenvalue weighted by Crippen LogP contribution is -2.30. The minimum absolute atomic E-state index is 0.0560. The number of nitrogens with zero attached hydrogens (tertiary/aromatic N) is 3. The van der Waals surface area contributed by atoms with E-state index in [1.807, 2.05) is 0 Å². The van der Waals surface area contributed by atoms with Gasteiger partial charge in [-0.3, -0.25) is 14.9 Å². The molecule has 1 N–H and O–H groups in total. The molecular weight excluding hydrogens is 444 g/mol. The van der Waals surface area contributed by atoms with Crippen molar-refractivity contribution in [3.63, 3.8) is 0 Å². The third-order valence-corrected chi connectivity index (χ3v) is 7.13. The predicted molar refractivity (Wildman–Crippen MR) is 118 cm³/mol. The molecule has 0 spiro atoms. The van der Waals surface area contributed by atoms with Crippen LogP contribution in [0.5, 0.6) is 5.75 Å². The van der Waals surface area contributed by atoms with E-state index >= 15 is 0 Å². The van der Waals surface area contributed by atoms with Crippen molar-refractivity contribution >= 4 is 39.1 Å². The van der Waals surface area contributed by atoms with Crippen molar-refractivity contribution in [3.8, 4) is 5.75 Å². The number of hydrogen-bond donors (Lipinski definition) is 1. The highest BCUT2D eigenvalue weighted by Crippen LogP contribution is 2.29. The fourth-order valence-electron chi connectivity index (χ4n) is 2.67. The van der Waals surface area contributed by atoms with Crippen LogP contribution in [-0.4, -0.2) is 54.0 Å². The number of nitro benzene ring substituents is 1. The Hall–Kier alpha value is -2.70. The molecule has 2 aromatic rings. The molecule has 12 heteroatoms. The van der Waals surface area contributed by atoms with Crippen molar-refractivity contribution in [1.82, 2.24) is 9.29 Å². The van der Waals surface area contributed by atoms with Crippen LogP contribution in [0.1, 0.15) is 20.8 Å². The molecule has 1 aromatic heterocycles. The molecule has 2 rings (SSSR count). The highest BCUT2D eigenvalue weighted by atomic mass is 32.2. The molecule has 10 nitrogen and oxygen atoms in total. The predicted octanol–water partition coefficient (Wildman–Crippen LogP) is 3.15. The fourth-order valence-corrected chi connectivity index (χ4v) is 4.71. The Kier molecular flexibility index (Phi) is 8.77. The van der Waals surface area contributed by atoms with Gasteiger partial charge in [-0.25, -0.2) is 13.4 Å². The summed E-state index contributed by atoms with van der Waals surface area (Å²) < 4.78 is 31.5. The average molecular weight is 469 g/mol. The van der Waals surface area contributed by atoms with Crippen molar-refractivity contribution < 1.29 is 22.9 Å². The quantitative estimate of drug-likeness (QED) is 0.302. The maximum absolute atomic E-state index is 12.5. The van der Waals surface area contributed by atoms with Gasteiger partial charge in [0.15, 0.2) is 0 Å². The smallest absolute Gasteiger partial charge is 0.296 e. The van der Waals surface area contributed by atoms with Gasteiger partial charge in [0.1, 0.15) is 16.3 Å². The summed E-state index contributed by atoms with van der Waals surface area (Å²) in [6.07, 6.45) is 1.26. The van der Waals surface area contributed by atoms with Gasteiger partial charge in [-0.15, -0.1) is 0 Å². The lowest BCUT2D eigenvalue weighted by atomic mass is 10.2. The second-order valence-corrected chi connectivity index (χ2v) is 9.06. The molecule has 0 aliphatic rings. The van der Waals surface area contributed by atoms with Gasteiger partial charge in [0.25, 0.3) is 5.69 Å². The average Bonchev–Trinajstić information content (AvgIpc) is 2.74. The van der Waals surface area contributed by atoms with Crippen molar-refractivity contribution in [3.05, 3.63) is 46.6 Å². The number of thioether (sulfide) groups is 1. The van der Waals surface area contributed by atoms with Gasteiger partial charge in [-0.2, -0.15) is 4.31 Å². The molecule has 1 aromatic carbocycles. The van der Waals surface area contributed by atoms with Crippen molar-refractivity contribution in [1.29, 1.82) is 0 Å². The third kappa shape index (κ3) is 6.39. The number of amides is 1. The molecule has 0 saturated carbocycles. The lowest BCUT2D eigenvalue weighted by Gasteiger charge is -2.18. The number of ether oxygens (including phenoxy) is 1. The Balaban J connectivity index is 2.03. The van der Waals surface area contributed by atoms with Gasteiger partial charge in [0.05, 0.1) is 28.4 Å². The van der Waals surface area contributed by atoms with Crippen LogP contribution < -0.4 is 10.1 Å². The molecular formula is C19H24N4O6S2. The van der Waals surface area contributed by atoms with Gasteiger partial charge < -0.3 is 10.1 Å². The number of pyridine rings is 1. The number of carbonyl (C=O) groups excluding carboxylic acids is 1. The molecule has 0 bridgehead atoms. The molecule has 0 fully saturated rings. The number of benzene rings is 1. The van der Waals surface area contributed by atoms with Crippen molar-refractivity contribution in [2.24, 2.45) is 0 Å². The monoisotopic (exact) mass is 468 g/mol. The highest BCUT2D eigenvalue weighted by molar-refractivity contribution is 7.99. The van der Waals surface area contributed by atoms with Gasteiger partial charge in [0.2, 0.25) is 15.9 Å². The molecule has 31 heavy (non-hydrogen) atoms. The molecule has 168 valence electrons. The molecule has 1 amide bonds. The van der Waals surface area contributed by atoms with Crippen LogP contribution in [0.4, 0.5) is 11.4 Å². The molecule has 0 aliphatic carbocycles. The molecule has 0 atom stereocenters. The Bertz CT molecular complexity index is 1020. The fraction of sp³-hybridized carbons (Fsp3) is 0.368. The summed E-state index contributed by atoms with van der Waals surface area (Å²) in [6, 6.07) is 7.17. The number of carbonyl (C=O) groups is 1. The summed E-state index contributed by atoms with van der Waals surface area (Å²) in [5.74, 6) is -0.177. The number of hydrogen-bond acceptors (Lipinski definition) is 8. The van der Waals surface area contributed by atoms with Crippen LogP contribution in [0.15, 0.2) is 46.5 Å². The molecule has 0 aliphatic heterocycles. The van der Waals surface area contributed by atoms with Crippen LogP contribution in [0, 0.1) is 10.1 Å². The normalized spacial score (nSPS) is 11.4. The molecule has 1 heterocycles. The van der Waals surface area contributed by atoms with E-state index in [0.29, 0.717) is 30.5 Å². The number of nitrogens with one attached hydrogen (secondary N) is 1. The lowest BCUT2D eigenvalue weighted by molar-refractivity contribution is -0.384. The van der Waals surface area contributed by atoms with Crippen molar-refractivity contribution in [2.75, 3.05) is 30.8 Å². The SMILES string of the molecule is CCOc1ccc(NC(=O)CSc2ccc(S(=O)(=O)N(CC)CC)cn2)c([N+](=O)[O-])c1. The summed E-state index contributed by atoms with van der Waals surface area (Å²) in [5, 5.41) is 14.2. The molecule has 0 saturated heterocycles. The Morgan fingerprint density at radius 3 is 2.48 bits per heavy atom. The third-order valence-electron chi connectivity index (χ3n) is 4.15. The van der Waals surface area contributed by atoms with Crippen LogP contribution in [0.25, 0.3) is 0 Å². The number of aromatic nitrogens is 1. The largest absolute Gasteiger partial charge is 0.494 e. The molecule has 0 unspecified atom stereocenters. The summed E-state index contributed by atoms with van der Waals surface area (Å²) >= 11 is 1.09. The van der Waals surface area contributed by atoms with E-state index in [0.717, 1.165) is 11.8 Å². The van der Waals surface area contributed by atoms with Crippen LogP contribution in [0.3, 0.4) is 0 Å². The van der Waals surface area contributed by atoms with Crippen LogP contribution in [0.2, 0.25) is 0 Å². The van der Waals surface area contributed by atoms with Gasteiger partial charge in [-0.05, 0) is 31.2 Å². The van der Waals surface area contributed by atoms with Crippen LogP contribution >= 0.6 is 11.8 Å². The van der Waals surface area contributed by atoms with Crippen molar-refractivity contribution in [2.45, 2.75) is 30.7 Å². The Labute approximate surface area is 185 Å². The standard InChI is InChI=1S/C19H24N4O6S2/c1-4-22(5-2)31(27,28)15-8-10-19(20-12-15)30-13-18(24)21-16-9-7-14(29-6-3)11-17(16)23(25)26/h7-12H,4-6,13H2,1-3H3,(H,21,24). The maximum atomic E-state index is 12.5. The maximum Gasteiger partial charge on any atom is 0.296 e. The Morgan fingerprint density at radius 1 is 1.23 bits per heavy atom. The highest BCUT2D eigenvalue weighted by Gasteiger charge is 2.22. The number of rotatable bonds is 11. The van der Waals surface area contributed by atoms with Gasteiger partial charge in [-0.1, -0.05) is 25.6 Å². The van der Waals surface area contributed by atoms with E-state index in [9.17, 15) is 23.3 Å². The topological polar surface area (TPSA) is 132 Å². The minimum Gasteiger partial charge on any atom is -0.494 e. The minimum atomic E-state index is -3.60. The van der Waals surface area contributed by atoms with E-state index in [2.05, 4.69) is 10.3 Å². The second kappa shape index (κ2) is 11.1. The first-order chi connectivity index (χ1) is 14.7.